The lowest BCUT2D eigenvalue weighted by Gasteiger charge is -2.06. The molecule has 0 radical (unpaired) electrons. The van der Waals surface area contributed by atoms with Gasteiger partial charge in [0.15, 0.2) is 0 Å². The summed E-state index contributed by atoms with van der Waals surface area (Å²) >= 11 is 11.3. The van der Waals surface area contributed by atoms with Crippen molar-refractivity contribution in [2.75, 3.05) is 12.4 Å². The molecule has 0 bridgehead atoms. The third-order valence-corrected chi connectivity index (χ3v) is 4.17. The molecular formula is C11H15Cl2NO2S. The lowest BCUT2D eigenvalue weighted by Crippen LogP contribution is -2.24. The Morgan fingerprint density at radius 1 is 1.18 bits per heavy atom. The molecule has 0 amide bonds. The first-order valence-electron chi connectivity index (χ1n) is 5.37. The Morgan fingerprint density at radius 2 is 1.94 bits per heavy atom. The Hall–Kier alpha value is -0.290. The van der Waals surface area contributed by atoms with Crippen LogP contribution >= 0.6 is 23.2 Å². The van der Waals surface area contributed by atoms with E-state index >= 15 is 0 Å². The summed E-state index contributed by atoms with van der Waals surface area (Å²) in [6, 6.07) is 6.21. The van der Waals surface area contributed by atoms with Crippen molar-refractivity contribution >= 4 is 33.2 Å². The van der Waals surface area contributed by atoms with Gasteiger partial charge in [-0.25, -0.2) is 13.1 Å². The number of hydrogen-bond acceptors (Lipinski definition) is 2. The number of unbranched alkanes of at least 4 members (excludes halogenated alkanes) is 2. The summed E-state index contributed by atoms with van der Waals surface area (Å²) in [5.74, 6) is 0.612. The maximum absolute atomic E-state index is 11.8. The summed E-state index contributed by atoms with van der Waals surface area (Å²) in [6.45, 7) is 0.422. The second-order valence-corrected chi connectivity index (χ2v) is 6.19. The van der Waals surface area contributed by atoms with Gasteiger partial charge in [0, 0.05) is 17.4 Å². The highest BCUT2D eigenvalue weighted by atomic mass is 35.5. The Kier molecular flexibility index (Phi) is 6.27. The first kappa shape index (κ1) is 14.8. The molecule has 0 aromatic heterocycles. The van der Waals surface area contributed by atoms with Gasteiger partial charge in [-0.2, -0.15) is 0 Å². The number of nitrogens with one attached hydrogen (secondary N) is 1. The number of hydrogen-bond donors (Lipinski definition) is 1. The Morgan fingerprint density at radius 3 is 2.59 bits per heavy atom. The zero-order chi connectivity index (χ0) is 12.7. The summed E-state index contributed by atoms with van der Waals surface area (Å²) in [5, 5.41) is 0.412. The fraction of sp³-hybridized carbons (Fsp3) is 0.455. The standard InChI is InChI=1S/C11H15Cl2NO2S/c12-7-2-1-3-8-14-17(15,16)11-6-4-5-10(13)9-11/h4-6,9,14H,1-3,7-8H2. The van der Waals surface area contributed by atoms with Crippen molar-refractivity contribution in [3.63, 3.8) is 0 Å². The minimum absolute atomic E-state index is 0.197. The molecule has 0 saturated carbocycles. The van der Waals surface area contributed by atoms with Crippen LogP contribution in [0.3, 0.4) is 0 Å². The molecule has 0 atom stereocenters. The smallest absolute Gasteiger partial charge is 0.211 e. The van der Waals surface area contributed by atoms with Gasteiger partial charge in [0.2, 0.25) is 10.0 Å². The van der Waals surface area contributed by atoms with E-state index < -0.39 is 10.0 Å². The van der Waals surface area contributed by atoms with Crippen LogP contribution in [0.4, 0.5) is 0 Å². The molecule has 17 heavy (non-hydrogen) atoms. The summed E-state index contributed by atoms with van der Waals surface area (Å²) in [5.41, 5.74) is 0. The van der Waals surface area contributed by atoms with Gasteiger partial charge in [0.05, 0.1) is 4.90 Å². The van der Waals surface area contributed by atoms with Crippen molar-refractivity contribution in [1.82, 2.24) is 4.72 Å². The Bertz CT molecular complexity index is 449. The molecule has 1 aromatic rings. The normalized spacial score (nSPS) is 11.6. The third-order valence-electron chi connectivity index (χ3n) is 2.21. The summed E-state index contributed by atoms with van der Waals surface area (Å²) < 4.78 is 26.2. The van der Waals surface area contributed by atoms with E-state index in [2.05, 4.69) is 4.72 Å². The van der Waals surface area contributed by atoms with Crippen LogP contribution in [0.1, 0.15) is 19.3 Å². The first-order valence-corrected chi connectivity index (χ1v) is 7.77. The van der Waals surface area contributed by atoms with Crippen LogP contribution in [-0.2, 0) is 10.0 Å². The van der Waals surface area contributed by atoms with E-state index in [9.17, 15) is 8.42 Å². The van der Waals surface area contributed by atoms with E-state index in [1.807, 2.05) is 0 Å². The topological polar surface area (TPSA) is 46.2 Å². The molecule has 1 rings (SSSR count). The molecule has 0 saturated heterocycles. The molecule has 0 fully saturated rings. The molecule has 0 aliphatic carbocycles. The van der Waals surface area contributed by atoms with E-state index in [0.29, 0.717) is 17.4 Å². The highest BCUT2D eigenvalue weighted by Gasteiger charge is 2.12. The van der Waals surface area contributed by atoms with Gasteiger partial charge in [-0.3, -0.25) is 0 Å². The number of halogens is 2. The van der Waals surface area contributed by atoms with E-state index in [1.165, 1.54) is 12.1 Å². The molecule has 1 N–H and O–H groups in total. The molecular weight excluding hydrogens is 281 g/mol. The largest absolute Gasteiger partial charge is 0.240 e. The molecule has 6 heteroatoms. The van der Waals surface area contributed by atoms with Crippen molar-refractivity contribution < 1.29 is 8.42 Å². The van der Waals surface area contributed by atoms with E-state index in [0.717, 1.165) is 19.3 Å². The molecule has 96 valence electrons. The second kappa shape index (κ2) is 7.21. The SMILES string of the molecule is O=S(=O)(NCCCCCCl)c1cccc(Cl)c1. The second-order valence-electron chi connectivity index (χ2n) is 3.60. The lowest BCUT2D eigenvalue weighted by molar-refractivity contribution is 0.576. The summed E-state index contributed by atoms with van der Waals surface area (Å²) in [7, 11) is -3.44. The molecule has 0 heterocycles. The molecule has 0 spiro atoms. The van der Waals surface area contributed by atoms with E-state index in [4.69, 9.17) is 23.2 Å². The van der Waals surface area contributed by atoms with Crippen molar-refractivity contribution in [3.05, 3.63) is 29.3 Å². The van der Waals surface area contributed by atoms with Crippen molar-refractivity contribution in [2.45, 2.75) is 24.2 Å². The maximum atomic E-state index is 11.8. The van der Waals surface area contributed by atoms with Crippen LogP contribution < -0.4 is 4.72 Å². The van der Waals surface area contributed by atoms with Crippen LogP contribution in [0.15, 0.2) is 29.2 Å². The minimum Gasteiger partial charge on any atom is -0.211 e. The first-order chi connectivity index (χ1) is 8.06. The zero-order valence-corrected chi connectivity index (χ0v) is 11.7. The molecule has 0 unspecified atom stereocenters. The minimum atomic E-state index is -3.44. The highest BCUT2D eigenvalue weighted by molar-refractivity contribution is 7.89. The van der Waals surface area contributed by atoms with Gasteiger partial charge in [-0.1, -0.05) is 24.1 Å². The maximum Gasteiger partial charge on any atom is 0.240 e. The quantitative estimate of drug-likeness (QED) is 0.621. The predicted octanol–water partition coefficient (Wildman–Crippen LogP) is 3.03. The van der Waals surface area contributed by atoms with Crippen molar-refractivity contribution in [2.24, 2.45) is 0 Å². The van der Waals surface area contributed by atoms with Crippen LogP contribution in [0.25, 0.3) is 0 Å². The third kappa shape index (κ3) is 5.25. The molecule has 0 aliphatic heterocycles. The monoisotopic (exact) mass is 295 g/mol. The number of alkyl halides is 1. The van der Waals surface area contributed by atoms with Crippen LogP contribution in [0.5, 0.6) is 0 Å². The fourth-order valence-electron chi connectivity index (χ4n) is 1.32. The van der Waals surface area contributed by atoms with Gasteiger partial charge in [-0.15, -0.1) is 11.6 Å². The van der Waals surface area contributed by atoms with Gasteiger partial charge in [0.1, 0.15) is 0 Å². The van der Waals surface area contributed by atoms with Gasteiger partial charge in [-0.05, 0) is 31.0 Å². The van der Waals surface area contributed by atoms with Crippen molar-refractivity contribution in [1.29, 1.82) is 0 Å². The fourth-order valence-corrected chi connectivity index (χ4v) is 2.88. The lowest BCUT2D eigenvalue weighted by atomic mass is 10.2. The van der Waals surface area contributed by atoms with E-state index in [-0.39, 0.29) is 4.90 Å². The number of rotatable bonds is 7. The van der Waals surface area contributed by atoms with Gasteiger partial charge < -0.3 is 0 Å². The average Bonchev–Trinajstić information content (AvgIpc) is 2.29. The molecule has 1 aromatic carbocycles. The van der Waals surface area contributed by atoms with Crippen LogP contribution in [-0.4, -0.2) is 20.8 Å². The Balaban J connectivity index is 2.51. The van der Waals surface area contributed by atoms with Gasteiger partial charge >= 0.3 is 0 Å². The zero-order valence-electron chi connectivity index (χ0n) is 9.33. The van der Waals surface area contributed by atoms with E-state index in [1.54, 1.807) is 12.1 Å². The average molecular weight is 296 g/mol. The van der Waals surface area contributed by atoms with Crippen LogP contribution in [0.2, 0.25) is 5.02 Å². The molecule has 3 nitrogen and oxygen atoms in total. The summed E-state index contributed by atoms with van der Waals surface area (Å²) in [4.78, 5) is 0.197. The van der Waals surface area contributed by atoms with Gasteiger partial charge in [0.25, 0.3) is 0 Å². The summed E-state index contributed by atoms with van der Waals surface area (Å²) in [6.07, 6.45) is 2.61. The van der Waals surface area contributed by atoms with Crippen LogP contribution in [0, 0.1) is 0 Å². The Labute approximate surface area is 112 Å². The predicted molar refractivity (Wildman–Crippen MR) is 71.2 cm³/mol. The number of sulfonamides is 1. The number of benzene rings is 1. The highest BCUT2D eigenvalue weighted by Crippen LogP contribution is 2.15. The molecule has 0 aliphatic rings. The van der Waals surface area contributed by atoms with Crippen molar-refractivity contribution in [3.8, 4) is 0 Å².